The zero-order chi connectivity index (χ0) is 14.3. The summed E-state index contributed by atoms with van der Waals surface area (Å²) in [5, 5.41) is 18.1. The monoisotopic (exact) mass is 287 g/mol. The van der Waals surface area contributed by atoms with E-state index in [1.54, 1.807) is 19.4 Å². The number of hydrogen-bond acceptors (Lipinski definition) is 6. The van der Waals surface area contributed by atoms with E-state index in [9.17, 15) is 14.9 Å². The van der Waals surface area contributed by atoms with E-state index < -0.39 is 4.92 Å². The van der Waals surface area contributed by atoms with E-state index in [4.69, 9.17) is 4.74 Å². The minimum absolute atomic E-state index is 0.106. The Balaban J connectivity index is 2.34. The van der Waals surface area contributed by atoms with Crippen molar-refractivity contribution >= 4 is 22.2 Å². The Morgan fingerprint density at radius 1 is 1.63 bits per heavy atom. The highest BCUT2D eigenvalue weighted by molar-refractivity contribution is 7.13. The lowest BCUT2D eigenvalue weighted by Crippen LogP contribution is -2.42. The van der Waals surface area contributed by atoms with Crippen molar-refractivity contribution in [1.29, 1.82) is 0 Å². The molecule has 0 bridgehead atoms. The highest BCUT2D eigenvalue weighted by Crippen LogP contribution is 2.22. The molecule has 8 heteroatoms. The molecule has 0 spiro atoms. The predicted octanol–water partition coefficient (Wildman–Crippen LogP) is 0.897. The SMILES string of the molecule is COCCNC(=O)C(C)NCc1csc([N+](=O)[O-])c1. The predicted molar refractivity (Wildman–Crippen MR) is 72.2 cm³/mol. The highest BCUT2D eigenvalue weighted by Gasteiger charge is 2.13. The maximum absolute atomic E-state index is 11.6. The lowest BCUT2D eigenvalue weighted by molar-refractivity contribution is -0.380. The lowest BCUT2D eigenvalue weighted by Gasteiger charge is -2.13. The van der Waals surface area contributed by atoms with Gasteiger partial charge in [-0.15, -0.1) is 0 Å². The quantitative estimate of drug-likeness (QED) is 0.421. The molecule has 1 amide bonds. The van der Waals surface area contributed by atoms with E-state index in [0.29, 0.717) is 19.7 Å². The molecule has 7 nitrogen and oxygen atoms in total. The molecule has 1 unspecified atom stereocenters. The van der Waals surface area contributed by atoms with Crippen LogP contribution in [0.2, 0.25) is 0 Å². The molecule has 1 aromatic heterocycles. The largest absolute Gasteiger partial charge is 0.383 e. The van der Waals surface area contributed by atoms with Crippen molar-refractivity contribution in [1.82, 2.24) is 10.6 Å². The third-order valence-electron chi connectivity index (χ3n) is 2.43. The van der Waals surface area contributed by atoms with Gasteiger partial charge in [-0.1, -0.05) is 11.3 Å². The number of carbonyl (C=O) groups excluding carboxylic acids is 1. The van der Waals surface area contributed by atoms with E-state index in [1.807, 2.05) is 0 Å². The second-order valence-electron chi connectivity index (χ2n) is 3.94. The molecule has 1 aromatic rings. The van der Waals surface area contributed by atoms with E-state index in [1.165, 1.54) is 6.07 Å². The van der Waals surface area contributed by atoms with Crippen molar-refractivity contribution in [2.75, 3.05) is 20.3 Å². The van der Waals surface area contributed by atoms with Gasteiger partial charge >= 0.3 is 5.00 Å². The van der Waals surface area contributed by atoms with Crippen molar-refractivity contribution in [3.8, 4) is 0 Å². The first kappa shape index (κ1) is 15.5. The number of ether oxygens (including phenoxy) is 1. The number of nitrogens with zero attached hydrogens (tertiary/aromatic N) is 1. The van der Waals surface area contributed by atoms with Gasteiger partial charge in [0.15, 0.2) is 0 Å². The van der Waals surface area contributed by atoms with Crippen LogP contribution < -0.4 is 10.6 Å². The third kappa shape index (κ3) is 5.33. The molecule has 0 aromatic carbocycles. The van der Waals surface area contributed by atoms with Crippen molar-refractivity contribution in [2.24, 2.45) is 0 Å². The van der Waals surface area contributed by atoms with Crippen molar-refractivity contribution in [3.63, 3.8) is 0 Å². The van der Waals surface area contributed by atoms with Crippen LogP contribution in [0.25, 0.3) is 0 Å². The summed E-state index contributed by atoms with van der Waals surface area (Å²) in [6, 6.07) is 1.14. The zero-order valence-electron chi connectivity index (χ0n) is 10.8. The van der Waals surface area contributed by atoms with Gasteiger partial charge in [-0.05, 0) is 12.5 Å². The smallest absolute Gasteiger partial charge is 0.324 e. The summed E-state index contributed by atoms with van der Waals surface area (Å²) in [7, 11) is 1.57. The Bertz CT molecular complexity index is 435. The second-order valence-corrected chi connectivity index (χ2v) is 4.83. The standard InChI is InChI=1S/C11H17N3O4S/c1-8(11(15)12-3-4-18-2)13-6-9-5-10(14(16)17)19-7-9/h5,7-8,13H,3-4,6H2,1-2H3,(H,12,15). The first-order valence-corrected chi connectivity index (χ1v) is 6.64. The fraction of sp³-hybridized carbons (Fsp3) is 0.545. The molecular formula is C11H17N3O4S. The molecule has 1 rings (SSSR count). The van der Waals surface area contributed by atoms with Crippen LogP contribution >= 0.6 is 11.3 Å². The van der Waals surface area contributed by atoms with Gasteiger partial charge in [0.05, 0.1) is 17.6 Å². The summed E-state index contributed by atoms with van der Waals surface area (Å²) >= 11 is 1.08. The van der Waals surface area contributed by atoms with Crippen LogP contribution in [-0.2, 0) is 16.1 Å². The number of hydrogen-bond donors (Lipinski definition) is 2. The summed E-state index contributed by atoms with van der Waals surface area (Å²) in [4.78, 5) is 21.7. The molecule has 106 valence electrons. The molecule has 0 aliphatic rings. The normalized spacial score (nSPS) is 12.1. The van der Waals surface area contributed by atoms with Crippen LogP contribution in [0, 0.1) is 10.1 Å². The van der Waals surface area contributed by atoms with Gasteiger partial charge in [-0.25, -0.2) is 0 Å². The van der Waals surface area contributed by atoms with Crippen molar-refractivity contribution < 1.29 is 14.5 Å². The fourth-order valence-electron chi connectivity index (χ4n) is 1.34. The zero-order valence-corrected chi connectivity index (χ0v) is 11.7. The molecule has 0 radical (unpaired) electrons. The van der Waals surface area contributed by atoms with Gasteiger partial charge in [0.1, 0.15) is 0 Å². The van der Waals surface area contributed by atoms with Gasteiger partial charge in [0, 0.05) is 31.6 Å². The van der Waals surface area contributed by atoms with Gasteiger partial charge in [-0.2, -0.15) is 0 Å². The van der Waals surface area contributed by atoms with Crippen LogP contribution in [0.4, 0.5) is 5.00 Å². The van der Waals surface area contributed by atoms with E-state index >= 15 is 0 Å². The Kier molecular flexibility index (Phi) is 6.40. The number of amides is 1. The summed E-state index contributed by atoms with van der Waals surface area (Å²) in [5.74, 6) is -0.123. The Labute approximate surface area is 115 Å². The number of nitrogens with one attached hydrogen (secondary N) is 2. The summed E-state index contributed by atoms with van der Waals surface area (Å²) in [6.07, 6.45) is 0. The maximum atomic E-state index is 11.6. The van der Waals surface area contributed by atoms with Crippen LogP contribution in [-0.4, -0.2) is 37.1 Å². The number of carbonyl (C=O) groups is 1. The first-order chi connectivity index (χ1) is 9.04. The van der Waals surface area contributed by atoms with E-state index in [-0.39, 0.29) is 17.0 Å². The molecule has 19 heavy (non-hydrogen) atoms. The van der Waals surface area contributed by atoms with Gasteiger partial charge in [-0.3, -0.25) is 14.9 Å². The Morgan fingerprint density at radius 2 is 2.37 bits per heavy atom. The van der Waals surface area contributed by atoms with Gasteiger partial charge in [0.2, 0.25) is 5.91 Å². The number of nitro groups is 1. The van der Waals surface area contributed by atoms with Gasteiger partial charge in [0.25, 0.3) is 0 Å². The molecule has 1 heterocycles. The summed E-state index contributed by atoms with van der Waals surface area (Å²) in [5.41, 5.74) is 0.799. The first-order valence-electron chi connectivity index (χ1n) is 5.76. The van der Waals surface area contributed by atoms with E-state index in [2.05, 4.69) is 10.6 Å². The molecule has 0 saturated heterocycles. The molecule has 0 aliphatic carbocycles. The number of thiophene rings is 1. The average Bonchev–Trinajstić information content (AvgIpc) is 2.85. The molecule has 2 N–H and O–H groups in total. The van der Waals surface area contributed by atoms with Crippen molar-refractivity contribution in [2.45, 2.75) is 19.5 Å². The number of rotatable bonds is 8. The summed E-state index contributed by atoms with van der Waals surface area (Å²) < 4.78 is 4.83. The minimum atomic E-state index is -0.422. The van der Waals surface area contributed by atoms with Crippen molar-refractivity contribution in [3.05, 3.63) is 27.1 Å². The minimum Gasteiger partial charge on any atom is -0.383 e. The number of methoxy groups -OCH3 is 1. The van der Waals surface area contributed by atoms with Crippen LogP contribution in [0.5, 0.6) is 0 Å². The maximum Gasteiger partial charge on any atom is 0.324 e. The summed E-state index contributed by atoms with van der Waals surface area (Å²) in [6.45, 7) is 3.09. The fourth-order valence-corrected chi connectivity index (χ4v) is 2.07. The topological polar surface area (TPSA) is 93.5 Å². The lowest BCUT2D eigenvalue weighted by atomic mass is 10.2. The molecular weight excluding hydrogens is 270 g/mol. The van der Waals surface area contributed by atoms with Crippen LogP contribution in [0.3, 0.4) is 0 Å². The van der Waals surface area contributed by atoms with Crippen LogP contribution in [0.1, 0.15) is 12.5 Å². The second kappa shape index (κ2) is 7.82. The third-order valence-corrected chi connectivity index (χ3v) is 3.36. The molecule has 0 aliphatic heterocycles. The molecule has 0 saturated carbocycles. The average molecular weight is 287 g/mol. The Hall–Kier alpha value is -1.51. The Morgan fingerprint density at radius 3 is 2.95 bits per heavy atom. The molecule has 0 fully saturated rings. The molecule has 1 atom stereocenters. The van der Waals surface area contributed by atoms with Gasteiger partial charge < -0.3 is 15.4 Å². The highest BCUT2D eigenvalue weighted by atomic mass is 32.1. The van der Waals surface area contributed by atoms with E-state index in [0.717, 1.165) is 16.9 Å². The van der Waals surface area contributed by atoms with Crippen LogP contribution in [0.15, 0.2) is 11.4 Å².